The molecule has 4 nitrogen and oxygen atoms in total. The Morgan fingerprint density at radius 3 is 2.72 bits per heavy atom. The van der Waals surface area contributed by atoms with Crippen molar-refractivity contribution in [3.8, 4) is 10.6 Å². The topological polar surface area (TPSA) is 55.0 Å². The molecule has 0 aliphatic carbocycles. The third kappa shape index (κ3) is 3.28. The Labute approximate surface area is 119 Å². The maximum Gasteiger partial charge on any atom is 0.151 e. The van der Waals surface area contributed by atoms with E-state index >= 15 is 0 Å². The van der Waals surface area contributed by atoms with Crippen LogP contribution in [-0.2, 0) is 0 Å². The lowest BCUT2D eigenvalue weighted by Gasteiger charge is -2.19. The summed E-state index contributed by atoms with van der Waals surface area (Å²) in [6.07, 6.45) is 0. The van der Waals surface area contributed by atoms with Gasteiger partial charge < -0.3 is 10.6 Å². The number of aromatic nitrogens is 2. The van der Waals surface area contributed by atoms with Crippen LogP contribution in [0.25, 0.3) is 10.6 Å². The molecule has 0 aromatic carbocycles. The molecule has 0 amide bonds. The van der Waals surface area contributed by atoms with Gasteiger partial charge in [-0.1, -0.05) is 0 Å². The van der Waals surface area contributed by atoms with E-state index in [1.54, 1.807) is 11.3 Å². The number of anilines is 1. The third-order valence-corrected chi connectivity index (χ3v) is 4.14. The first-order chi connectivity index (χ1) is 8.56. The van der Waals surface area contributed by atoms with E-state index in [4.69, 9.17) is 5.73 Å². The minimum atomic E-state index is 0.115. The largest absolute Gasteiger partial charge is 0.357 e. The van der Waals surface area contributed by atoms with Crippen molar-refractivity contribution in [1.82, 2.24) is 10.2 Å². The average molecular weight is 327 g/mol. The molecular formula is C12H15BrN4S. The van der Waals surface area contributed by atoms with Gasteiger partial charge in [-0.2, -0.15) is 0 Å². The first-order valence-electron chi connectivity index (χ1n) is 5.61. The van der Waals surface area contributed by atoms with Crippen LogP contribution in [0.2, 0.25) is 0 Å². The molecule has 0 saturated carbocycles. The number of nitrogens with zero attached hydrogens (tertiary/aromatic N) is 3. The first-order valence-corrected chi connectivity index (χ1v) is 7.28. The summed E-state index contributed by atoms with van der Waals surface area (Å²) in [5.41, 5.74) is 6.65. The highest BCUT2D eigenvalue weighted by Crippen LogP contribution is 2.28. The molecule has 6 heteroatoms. The van der Waals surface area contributed by atoms with Crippen LogP contribution in [0.4, 0.5) is 5.82 Å². The Morgan fingerprint density at radius 1 is 1.44 bits per heavy atom. The summed E-state index contributed by atoms with van der Waals surface area (Å²) in [7, 11) is 1.97. The summed E-state index contributed by atoms with van der Waals surface area (Å²) < 4.78 is 1.07. The molecule has 0 saturated heterocycles. The number of rotatable bonds is 4. The quantitative estimate of drug-likeness (QED) is 0.938. The van der Waals surface area contributed by atoms with Crippen molar-refractivity contribution >= 4 is 33.1 Å². The minimum Gasteiger partial charge on any atom is -0.357 e. The van der Waals surface area contributed by atoms with Gasteiger partial charge in [-0.05, 0) is 41.1 Å². The van der Waals surface area contributed by atoms with Crippen molar-refractivity contribution in [2.45, 2.75) is 13.0 Å². The molecule has 1 unspecified atom stereocenters. The van der Waals surface area contributed by atoms with Crippen LogP contribution in [-0.4, -0.2) is 29.8 Å². The van der Waals surface area contributed by atoms with Crippen molar-refractivity contribution in [3.63, 3.8) is 0 Å². The number of thiophene rings is 1. The first kappa shape index (κ1) is 13.5. The molecule has 0 fully saturated rings. The summed E-state index contributed by atoms with van der Waals surface area (Å²) >= 11 is 5.08. The Bertz CT molecular complexity index is 509. The Kier molecular flexibility index (Phi) is 4.31. The van der Waals surface area contributed by atoms with E-state index in [0.717, 1.165) is 27.4 Å². The van der Waals surface area contributed by atoms with E-state index in [1.165, 1.54) is 0 Å². The van der Waals surface area contributed by atoms with Crippen LogP contribution in [0.1, 0.15) is 6.92 Å². The molecule has 2 aromatic heterocycles. The lowest BCUT2D eigenvalue weighted by atomic mass is 10.3. The van der Waals surface area contributed by atoms with Gasteiger partial charge in [0.05, 0.1) is 4.88 Å². The monoisotopic (exact) mass is 326 g/mol. The van der Waals surface area contributed by atoms with Crippen molar-refractivity contribution in [2.75, 3.05) is 18.5 Å². The predicted molar refractivity (Wildman–Crippen MR) is 80.0 cm³/mol. The highest BCUT2D eigenvalue weighted by Gasteiger charge is 2.07. The lowest BCUT2D eigenvalue weighted by molar-refractivity contribution is 0.708. The molecule has 0 aliphatic rings. The SMILES string of the molecule is CC(N)CN(C)c1ccc(-c2cc(Br)cs2)nn1. The number of likely N-dealkylation sites (N-methyl/N-ethyl adjacent to an activating group) is 1. The van der Waals surface area contributed by atoms with E-state index < -0.39 is 0 Å². The number of nitrogens with two attached hydrogens (primary N) is 1. The fourth-order valence-electron chi connectivity index (χ4n) is 1.63. The van der Waals surface area contributed by atoms with Gasteiger partial charge in [-0.25, -0.2) is 0 Å². The Balaban J connectivity index is 2.15. The summed E-state index contributed by atoms with van der Waals surface area (Å²) in [5, 5.41) is 10.5. The van der Waals surface area contributed by atoms with Crippen LogP contribution in [0.15, 0.2) is 28.1 Å². The maximum absolute atomic E-state index is 5.76. The fourth-order valence-corrected chi connectivity index (χ4v) is 3.03. The van der Waals surface area contributed by atoms with Crippen molar-refractivity contribution < 1.29 is 0 Å². The molecule has 2 N–H and O–H groups in total. The van der Waals surface area contributed by atoms with Gasteiger partial charge in [0.25, 0.3) is 0 Å². The molecule has 0 radical (unpaired) electrons. The van der Waals surface area contributed by atoms with Gasteiger partial charge in [-0.3, -0.25) is 0 Å². The van der Waals surface area contributed by atoms with Crippen molar-refractivity contribution in [3.05, 3.63) is 28.1 Å². The number of hydrogen-bond acceptors (Lipinski definition) is 5. The molecule has 0 spiro atoms. The van der Waals surface area contributed by atoms with Gasteiger partial charge in [0.1, 0.15) is 5.69 Å². The van der Waals surface area contributed by atoms with Gasteiger partial charge in [0, 0.05) is 29.5 Å². The summed E-state index contributed by atoms with van der Waals surface area (Å²) in [6.45, 7) is 2.74. The normalized spacial score (nSPS) is 12.4. The molecule has 2 aromatic rings. The second kappa shape index (κ2) is 5.77. The molecule has 18 heavy (non-hydrogen) atoms. The van der Waals surface area contributed by atoms with Crippen LogP contribution in [0, 0.1) is 0 Å². The minimum absolute atomic E-state index is 0.115. The van der Waals surface area contributed by atoms with Crippen molar-refractivity contribution in [2.24, 2.45) is 5.73 Å². The molecule has 0 aliphatic heterocycles. The van der Waals surface area contributed by atoms with E-state index in [1.807, 2.05) is 42.5 Å². The zero-order chi connectivity index (χ0) is 13.1. The maximum atomic E-state index is 5.76. The summed E-state index contributed by atoms with van der Waals surface area (Å²) in [6, 6.07) is 6.11. The second-order valence-electron chi connectivity index (χ2n) is 4.26. The van der Waals surface area contributed by atoms with Gasteiger partial charge in [0.2, 0.25) is 0 Å². The summed E-state index contributed by atoms with van der Waals surface area (Å²) in [4.78, 5) is 3.11. The molecule has 96 valence electrons. The molecular weight excluding hydrogens is 312 g/mol. The zero-order valence-corrected chi connectivity index (χ0v) is 12.7. The number of halogens is 1. The van der Waals surface area contributed by atoms with E-state index in [-0.39, 0.29) is 6.04 Å². The van der Waals surface area contributed by atoms with E-state index in [2.05, 4.69) is 26.1 Å². The van der Waals surface area contributed by atoms with E-state index in [0.29, 0.717) is 0 Å². The van der Waals surface area contributed by atoms with E-state index in [9.17, 15) is 0 Å². The standard InChI is InChI=1S/C12H15BrN4S/c1-8(14)6-17(2)12-4-3-10(15-16-12)11-5-9(13)7-18-11/h3-5,7-8H,6,14H2,1-2H3. The van der Waals surface area contributed by atoms with Gasteiger partial charge in [0.15, 0.2) is 5.82 Å². The van der Waals surface area contributed by atoms with Crippen LogP contribution in [0.3, 0.4) is 0 Å². The van der Waals surface area contributed by atoms with Crippen LogP contribution >= 0.6 is 27.3 Å². The van der Waals surface area contributed by atoms with Crippen molar-refractivity contribution in [1.29, 1.82) is 0 Å². The second-order valence-corrected chi connectivity index (χ2v) is 6.09. The van der Waals surface area contributed by atoms with Gasteiger partial charge in [-0.15, -0.1) is 21.5 Å². The third-order valence-electron chi connectivity index (χ3n) is 2.42. The fraction of sp³-hybridized carbons (Fsp3) is 0.333. The smallest absolute Gasteiger partial charge is 0.151 e. The molecule has 2 rings (SSSR count). The molecule has 1 atom stereocenters. The average Bonchev–Trinajstić information content (AvgIpc) is 2.75. The van der Waals surface area contributed by atoms with Crippen LogP contribution in [0.5, 0.6) is 0 Å². The van der Waals surface area contributed by atoms with Gasteiger partial charge >= 0.3 is 0 Å². The lowest BCUT2D eigenvalue weighted by Crippen LogP contribution is -2.33. The number of hydrogen-bond donors (Lipinski definition) is 1. The van der Waals surface area contributed by atoms with Crippen LogP contribution < -0.4 is 10.6 Å². The zero-order valence-electron chi connectivity index (χ0n) is 10.3. The Hall–Kier alpha value is -0.980. The molecule has 0 bridgehead atoms. The Morgan fingerprint density at radius 2 is 2.22 bits per heavy atom. The molecule has 2 heterocycles. The predicted octanol–water partition coefficient (Wildman–Crippen LogP) is 2.75. The highest BCUT2D eigenvalue weighted by molar-refractivity contribution is 9.10. The highest BCUT2D eigenvalue weighted by atomic mass is 79.9. The summed E-state index contributed by atoms with van der Waals surface area (Å²) in [5.74, 6) is 0.840.